The number of carbonyl (C=O) groups is 1. The maximum atomic E-state index is 12.6. The molecule has 1 saturated carbocycles. The van der Waals surface area contributed by atoms with Crippen LogP contribution < -0.4 is 0 Å². The molecule has 1 aliphatic rings. The van der Waals surface area contributed by atoms with Crippen molar-refractivity contribution in [3.8, 4) is 0 Å². The van der Waals surface area contributed by atoms with E-state index in [1.807, 2.05) is 31.7 Å². The molecule has 0 saturated heterocycles. The fourth-order valence-corrected chi connectivity index (χ4v) is 3.37. The largest absolute Gasteiger partial charge is 0.444 e. The molecule has 0 spiro atoms. The number of ether oxygens (including phenoxy) is 1. The molecule has 1 amide bonds. The Morgan fingerprint density at radius 2 is 1.95 bits per heavy atom. The quantitative estimate of drug-likeness (QED) is 0.711. The van der Waals surface area contributed by atoms with Crippen LogP contribution in [0.2, 0.25) is 0 Å². The summed E-state index contributed by atoms with van der Waals surface area (Å²) in [5, 5.41) is 0. The van der Waals surface area contributed by atoms with Crippen LogP contribution in [-0.4, -0.2) is 22.6 Å². The second-order valence-electron chi connectivity index (χ2n) is 7.12. The Morgan fingerprint density at radius 1 is 1.32 bits per heavy atom. The van der Waals surface area contributed by atoms with E-state index in [9.17, 15) is 4.79 Å². The fraction of sp³-hybridized carbons (Fsp3) is 0.611. The molecule has 1 aromatic rings. The SMILES string of the molecule is Cc1cc(Br)ccc1CN(C(=O)OC(C)(C)C)C1CCCC1. The molecule has 22 heavy (non-hydrogen) atoms. The highest BCUT2D eigenvalue weighted by molar-refractivity contribution is 9.10. The number of rotatable bonds is 3. The van der Waals surface area contributed by atoms with Gasteiger partial charge in [0.25, 0.3) is 0 Å². The molecule has 0 heterocycles. The van der Waals surface area contributed by atoms with Gasteiger partial charge in [-0.25, -0.2) is 4.79 Å². The van der Waals surface area contributed by atoms with Gasteiger partial charge in [0.2, 0.25) is 0 Å². The molecule has 0 aliphatic heterocycles. The third-order valence-corrected chi connectivity index (χ3v) is 4.53. The summed E-state index contributed by atoms with van der Waals surface area (Å²) >= 11 is 3.49. The van der Waals surface area contributed by atoms with Crippen molar-refractivity contribution in [1.29, 1.82) is 0 Å². The lowest BCUT2D eigenvalue weighted by Gasteiger charge is -2.32. The van der Waals surface area contributed by atoms with Crippen molar-refractivity contribution in [3.05, 3.63) is 33.8 Å². The summed E-state index contributed by atoms with van der Waals surface area (Å²) in [7, 11) is 0. The van der Waals surface area contributed by atoms with E-state index < -0.39 is 5.60 Å². The zero-order chi connectivity index (χ0) is 16.3. The topological polar surface area (TPSA) is 29.5 Å². The van der Waals surface area contributed by atoms with Gasteiger partial charge in [0.1, 0.15) is 5.60 Å². The number of halogens is 1. The molecule has 1 aromatic carbocycles. The first-order valence-electron chi connectivity index (χ1n) is 8.01. The summed E-state index contributed by atoms with van der Waals surface area (Å²) in [6.45, 7) is 8.47. The molecule has 0 unspecified atom stereocenters. The Balaban J connectivity index is 2.18. The van der Waals surface area contributed by atoms with Crippen LogP contribution in [0, 0.1) is 6.92 Å². The molecule has 2 rings (SSSR count). The van der Waals surface area contributed by atoms with Crippen molar-refractivity contribution in [2.75, 3.05) is 0 Å². The summed E-state index contributed by atoms with van der Waals surface area (Å²) in [6.07, 6.45) is 4.36. The molecule has 0 aromatic heterocycles. The number of nitrogens with zero attached hydrogens (tertiary/aromatic N) is 1. The molecular formula is C18H26BrNO2. The fourth-order valence-electron chi connectivity index (χ4n) is 2.90. The minimum Gasteiger partial charge on any atom is -0.444 e. The van der Waals surface area contributed by atoms with E-state index in [0.29, 0.717) is 12.6 Å². The predicted molar refractivity (Wildman–Crippen MR) is 92.9 cm³/mol. The minimum atomic E-state index is -0.456. The van der Waals surface area contributed by atoms with Crippen molar-refractivity contribution in [2.24, 2.45) is 0 Å². The number of aryl methyl sites for hydroxylation is 1. The van der Waals surface area contributed by atoms with Crippen LogP contribution in [0.15, 0.2) is 22.7 Å². The van der Waals surface area contributed by atoms with Crippen LogP contribution in [0.4, 0.5) is 4.79 Å². The van der Waals surface area contributed by atoms with E-state index in [1.165, 1.54) is 24.0 Å². The van der Waals surface area contributed by atoms with E-state index in [4.69, 9.17) is 4.74 Å². The molecule has 122 valence electrons. The molecule has 1 fully saturated rings. The first kappa shape index (κ1) is 17.3. The number of hydrogen-bond donors (Lipinski definition) is 0. The molecule has 0 atom stereocenters. The standard InChI is InChI=1S/C18H26BrNO2/c1-13-11-15(19)10-9-14(13)12-20(16-7-5-6-8-16)17(21)22-18(2,3)4/h9-11,16H,5-8,12H2,1-4H3. The van der Waals surface area contributed by atoms with E-state index >= 15 is 0 Å². The first-order valence-corrected chi connectivity index (χ1v) is 8.80. The second kappa shape index (κ2) is 7.03. The first-order chi connectivity index (χ1) is 10.3. The maximum Gasteiger partial charge on any atom is 0.410 e. The third-order valence-electron chi connectivity index (χ3n) is 4.04. The zero-order valence-electron chi connectivity index (χ0n) is 14.0. The van der Waals surface area contributed by atoms with E-state index in [1.54, 1.807) is 0 Å². The lowest BCUT2D eigenvalue weighted by atomic mass is 10.1. The average molecular weight is 368 g/mol. The summed E-state index contributed by atoms with van der Waals surface area (Å²) in [5.41, 5.74) is 1.92. The third kappa shape index (κ3) is 4.73. The molecule has 0 N–H and O–H groups in total. The van der Waals surface area contributed by atoms with Crippen LogP contribution in [0.5, 0.6) is 0 Å². The molecule has 3 nitrogen and oxygen atoms in total. The Morgan fingerprint density at radius 3 is 2.50 bits per heavy atom. The number of amides is 1. The van der Waals surface area contributed by atoms with Gasteiger partial charge in [-0.15, -0.1) is 0 Å². The molecule has 0 bridgehead atoms. The normalized spacial score (nSPS) is 15.9. The van der Waals surface area contributed by atoms with E-state index in [-0.39, 0.29) is 6.09 Å². The van der Waals surface area contributed by atoms with Gasteiger partial charge in [0.15, 0.2) is 0 Å². The monoisotopic (exact) mass is 367 g/mol. The molecule has 1 aliphatic carbocycles. The predicted octanol–water partition coefficient (Wildman–Crippen LogP) is 5.44. The van der Waals surface area contributed by atoms with Gasteiger partial charge in [-0.3, -0.25) is 0 Å². The Kier molecular flexibility index (Phi) is 5.54. The minimum absolute atomic E-state index is 0.193. The summed E-state index contributed by atoms with van der Waals surface area (Å²) < 4.78 is 6.69. The van der Waals surface area contributed by atoms with Crippen LogP contribution in [-0.2, 0) is 11.3 Å². The molecule has 4 heteroatoms. The summed E-state index contributed by atoms with van der Waals surface area (Å²) in [6, 6.07) is 6.52. The zero-order valence-corrected chi connectivity index (χ0v) is 15.6. The number of carbonyl (C=O) groups excluding carboxylic acids is 1. The van der Waals surface area contributed by atoms with Gasteiger partial charge >= 0.3 is 6.09 Å². The Hall–Kier alpha value is -1.03. The van der Waals surface area contributed by atoms with Gasteiger partial charge in [-0.1, -0.05) is 34.8 Å². The van der Waals surface area contributed by atoms with Gasteiger partial charge < -0.3 is 9.64 Å². The van der Waals surface area contributed by atoms with Crippen LogP contribution >= 0.6 is 15.9 Å². The van der Waals surface area contributed by atoms with Crippen molar-refractivity contribution in [2.45, 2.75) is 71.6 Å². The van der Waals surface area contributed by atoms with Gasteiger partial charge in [-0.05, 0) is 63.8 Å². The lowest BCUT2D eigenvalue weighted by Crippen LogP contribution is -2.42. The smallest absolute Gasteiger partial charge is 0.410 e. The molecular weight excluding hydrogens is 342 g/mol. The van der Waals surface area contributed by atoms with E-state index in [2.05, 4.69) is 35.0 Å². The van der Waals surface area contributed by atoms with Gasteiger partial charge in [-0.2, -0.15) is 0 Å². The van der Waals surface area contributed by atoms with Crippen LogP contribution in [0.3, 0.4) is 0 Å². The average Bonchev–Trinajstić information content (AvgIpc) is 2.89. The highest BCUT2D eigenvalue weighted by Crippen LogP contribution is 2.28. The Labute approximate surface area is 142 Å². The number of hydrogen-bond acceptors (Lipinski definition) is 2. The van der Waals surface area contributed by atoms with E-state index in [0.717, 1.165) is 17.3 Å². The van der Waals surface area contributed by atoms with Gasteiger partial charge in [0, 0.05) is 17.1 Å². The Bertz CT molecular complexity index is 530. The lowest BCUT2D eigenvalue weighted by molar-refractivity contribution is 0.0144. The van der Waals surface area contributed by atoms with Crippen LogP contribution in [0.25, 0.3) is 0 Å². The maximum absolute atomic E-state index is 12.6. The summed E-state index contributed by atoms with van der Waals surface area (Å²) in [5.74, 6) is 0. The van der Waals surface area contributed by atoms with Crippen molar-refractivity contribution in [3.63, 3.8) is 0 Å². The highest BCUT2D eigenvalue weighted by atomic mass is 79.9. The van der Waals surface area contributed by atoms with Crippen molar-refractivity contribution in [1.82, 2.24) is 4.90 Å². The van der Waals surface area contributed by atoms with Crippen molar-refractivity contribution >= 4 is 22.0 Å². The van der Waals surface area contributed by atoms with Gasteiger partial charge in [0.05, 0.1) is 0 Å². The van der Waals surface area contributed by atoms with Crippen molar-refractivity contribution < 1.29 is 9.53 Å². The second-order valence-corrected chi connectivity index (χ2v) is 8.03. The van der Waals surface area contributed by atoms with Crippen LogP contribution in [0.1, 0.15) is 57.6 Å². The molecule has 0 radical (unpaired) electrons. The number of benzene rings is 1. The summed E-state index contributed by atoms with van der Waals surface area (Å²) in [4.78, 5) is 14.5. The highest BCUT2D eigenvalue weighted by Gasteiger charge is 2.30.